The number of esters is 1. The smallest absolute Gasteiger partial charge is 0.446 e. The van der Waals surface area contributed by atoms with E-state index in [0.29, 0.717) is 0 Å². The lowest BCUT2D eigenvalue weighted by molar-refractivity contribution is -0.0328. The number of nitrogens with zero attached hydrogens (tertiary/aromatic N) is 1. The molecule has 8 heteroatoms. The third-order valence-corrected chi connectivity index (χ3v) is 2.97. The molecule has 0 saturated heterocycles. The first-order valence-electron chi connectivity index (χ1n) is 4.39. The van der Waals surface area contributed by atoms with Gasteiger partial charge in [0.2, 0.25) is 0 Å². The second-order valence-corrected chi connectivity index (χ2v) is 4.61. The SMILES string of the molecule is COC(=O)c1cc(S)c(C#N)c(SC(F)(F)F)c1. The fourth-order valence-electron chi connectivity index (χ4n) is 1.15. The monoisotopic (exact) mass is 293 g/mol. The molecule has 3 nitrogen and oxygen atoms in total. The van der Waals surface area contributed by atoms with Gasteiger partial charge >= 0.3 is 11.5 Å². The highest BCUT2D eigenvalue weighted by Crippen LogP contribution is 2.40. The maximum Gasteiger partial charge on any atom is 0.446 e. The number of ether oxygens (including phenoxy) is 1. The summed E-state index contributed by atoms with van der Waals surface area (Å²) in [5, 5.41) is 8.79. The average molecular weight is 293 g/mol. The van der Waals surface area contributed by atoms with E-state index in [0.717, 1.165) is 13.2 Å². The van der Waals surface area contributed by atoms with Crippen LogP contribution in [0.2, 0.25) is 0 Å². The van der Waals surface area contributed by atoms with Crippen molar-refractivity contribution < 1.29 is 22.7 Å². The summed E-state index contributed by atoms with van der Waals surface area (Å²) in [7, 11) is 1.11. The van der Waals surface area contributed by atoms with Crippen LogP contribution in [0, 0.1) is 11.3 Å². The third kappa shape index (κ3) is 3.58. The number of hydrogen-bond acceptors (Lipinski definition) is 5. The Morgan fingerprint density at radius 1 is 1.50 bits per heavy atom. The summed E-state index contributed by atoms with van der Waals surface area (Å²) >= 11 is 3.42. The van der Waals surface area contributed by atoms with Gasteiger partial charge in [0.1, 0.15) is 6.07 Å². The van der Waals surface area contributed by atoms with Crippen molar-refractivity contribution in [2.75, 3.05) is 7.11 Å². The van der Waals surface area contributed by atoms with E-state index in [2.05, 4.69) is 17.4 Å². The molecule has 96 valence electrons. The van der Waals surface area contributed by atoms with E-state index < -0.39 is 23.2 Å². The molecule has 0 aliphatic carbocycles. The van der Waals surface area contributed by atoms with Crippen LogP contribution in [-0.4, -0.2) is 18.6 Å². The number of thioether (sulfide) groups is 1. The Bertz CT molecular complexity index is 523. The van der Waals surface area contributed by atoms with Crippen molar-refractivity contribution in [3.05, 3.63) is 23.3 Å². The molecule has 18 heavy (non-hydrogen) atoms. The number of hydrogen-bond donors (Lipinski definition) is 1. The van der Waals surface area contributed by atoms with Crippen molar-refractivity contribution in [2.24, 2.45) is 0 Å². The summed E-state index contributed by atoms with van der Waals surface area (Å²) in [5.74, 6) is -0.793. The van der Waals surface area contributed by atoms with E-state index in [1.807, 2.05) is 0 Å². The molecule has 1 rings (SSSR count). The fraction of sp³-hybridized carbons (Fsp3) is 0.200. The summed E-state index contributed by atoms with van der Waals surface area (Å²) < 4.78 is 41.4. The van der Waals surface area contributed by atoms with Gasteiger partial charge in [0.25, 0.3) is 0 Å². The zero-order valence-corrected chi connectivity index (χ0v) is 10.6. The van der Waals surface area contributed by atoms with E-state index in [1.54, 1.807) is 6.07 Å². The van der Waals surface area contributed by atoms with Crippen LogP contribution >= 0.6 is 24.4 Å². The zero-order valence-electron chi connectivity index (χ0n) is 8.91. The van der Waals surface area contributed by atoms with Crippen LogP contribution in [0.4, 0.5) is 13.2 Å². The van der Waals surface area contributed by atoms with Crippen molar-refractivity contribution in [1.29, 1.82) is 5.26 Å². The molecular weight excluding hydrogens is 287 g/mol. The standard InChI is InChI=1S/C10H6F3NO2S2/c1-16-9(15)5-2-7(17)6(4-14)8(3-5)18-10(11,12)13/h2-3,17H,1H3. The molecule has 0 unspecified atom stereocenters. The molecule has 0 fully saturated rings. The van der Waals surface area contributed by atoms with Crippen molar-refractivity contribution >= 4 is 30.4 Å². The molecule has 0 spiro atoms. The first-order chi connectivity index (χ1) is 8.28. The van der Waals surface area contributed by atoms with E-state index in [-0.39, 0.29) is 20.9 Å². The quantitative estimate of drug-likeness (QED) is 0.516. The van der Waals surface area contributed by atoms with Gasteiger partial charge in [-0.05, 0) is 23.9 Å². The molecule has 0 radical (unpaired) electrons. The lowest BCUT2D eigenvalue weighted by Crippen LogP contribution is -2.05. The Balaban J connectivity index is 3.33. The number of alkyl halides is 3. The number of thiol groups is 1. The Hall–Kier alpha value is -1.33. The number of benzene rings is 1. The van der Waals surface area contributed by atoms with Gasteiger partial charge in [-0.15, -0.1) is 12.6 Å². The number of rotatable bonds is 2. The predicted octanol–water partition coefficient (Wildman–Crippen LogP) is 3.25. The summed E-state index contributed by atoms with van der Waals surface area (Å²) in [6.45, 7) is 0. The molecule has 0 aromatic heterocycles. The minimum absolute atomic E-state index is 0.00727. The van der Waals surface area contributed by atoms with Crippen LogP contribution in [0.15, 0.2) is 21.9 Å². The van der Waals surface area contributed by atoms with Crippen molar-refractivity contribution in [1.82, 2.24) is 0 Å². The first-order valence-corrected chi connectivity index (χ1v) is 5.66. The maximum absolute atomic E-state index is 12.3. The van der Waals surface area contributed by atoms with Gasteiger partial charge in [0, 0.05) is 9.79 Å². The lowest BCUT2D eigenvalue weighted by Gasteiger charge is -2.10. The summed E-state index contributed by atoms with van der Waals surface area (Å²) in [4.78, 5) is 10.9. The number of halogens is 3. The minimum atomic E-state index is -4.55. The Labute approximate surface area is 110 Å². The first kappa shape index (κ1) is 14.7. The van der Waals surface area contributed by atoms with Crippen LogP contribution in [0.3, 0.4) is 0 Å². The molecule has 0 atom stereocenters. The minimum Gasteiger partial charge on any atom is -0.465 e. The molecule has 1 aromatic carbocycles. The second kappa shape index (κ2) is 5.54. The highest BCUT2D eigenvalue weighted by molar-refractivity contribution is 8.00. The molecule has 0 aliphatic rings. The molecule has 0 N–H and O–H groups in total. The highest BCUT2D eigenvalue weighted by Gasteiger charge is 2.31. The van der Waals surface area contributed by atoms with Crippen LogP contribution in [-0.2, 0) is 4.74 Å². The number of methoxy groups -OCH3 is 1. The normalized spacial score (nSPS) is 10.9. The molecule has 0 amide bonds. The van der Waals surface area contributed by atoms with E-state index in [9.17, 15) is 18.0 Å². The fourth-order valence-corrected chi connectivity index (χ4v) is 2.23. The van der Waals surface area contributed by atoms with E-state index in [4.69, 9.17) is 5.26 Å². The summed E-state index contributed by atoms with van der Waals surface area (Å²) in [5.41, 5.74) is -4.87. The predicted molar refractivity (Wildman–Crippen MR) is 61.7 cm³/mol. The van der Waals surface area contributed by atoms with Crippen LogP contribution in [0.1, 0.15) is 15.9 Å². The van der Waals surface area contributed by atoms with Gasteiger partial charge in [-0.1, -0.05) is 0 Å². The molecule has 0 heterocycles. The summed E-state index contributed by atoms with van der Waals surface area (Å²) in [6.07, 6.45) is 0. The van der Waals surface area contributed by atoms with Gasteiger partial charge in [-0.2, -0.15) is 18.4 Å². The molecule has 1 aromatic rings. The Morgan fingerprint density at radius 3 is 2.56 bits per heavy atom. The maximum atomic E-state index is 12.3. The Morgan fingerprint density at radius 2 is 2.11 bits per heavy atom. The topological polar surface area (TPSA) is 50.1 Å². The van der Waals surface area contributed by atoms with E-state index in [1.165, 1.54) is 6.07 Å². The number of carbonyl (C=O) groups is 1. The average Bonchev–Trinajstić information content (AvgIpc) is 2.25. The van der Waals surface area contributed by atoms with E-state index >= 15 is 0 Å². The molecule has 0 bridgehead atoms. The van der Waals surface area contributed by atoms with Gasteiger partial charge < -0.3 is 4.74 Å². The van der Waals surface area contributed by atoms with Crippen molar-refractivity contribution in [3.63, 3.8) is 0 Å². The van der Waals surface area contributed by atoms with Gasteiger partial charge in [0.15, 0.2) is 0 Å². The van der Waals surface area contributed by atoms with Gasteiger partial charge in [-0.3, -0.25) is 0 Å². The lowest BCUT2D eigenvalue weighted by atomic mass is 10.1. The summed E-state index contributed by atoms with van der Waals surface area (Å²) in [6, 6.07) is 3.77. The number of nitriles is 1. The van der Waals surface area contributed by atoms with Crippen molar-refractivity contribution in [3.8, 4) is 6.07 Å². The number of carbonyl (C=O) groups excluding carboxylic acids is 1. The van der Waals surface area contributed by atoms with Crippen LogP contribution in [0.25, 0.3) is 0 Å². The Kier molecular flexibility index (Phi) is 4.53. The molecule has 0 saturated carbocycles. The largest absolute Gasteiger partial charge is 0.465 e. The highest BCUT2D eigenvalue weighted by atomic mass is 32.2. The van der Waals surface area contributed by atoms with Gasteiger partial charge in [0.05, 0.1) is 18.2 Å². The van der Waals surface area contributed by atoms with Crippen LogP contribution < -0.4 is 0 Å². The van der Waals surface area contributed by atoms with Crippen molar-refractivity contribution in [2.45, 2.75) is 15.3 Å². The third-order valence-electron chi connectivity index (χ3n) is 1.84. The second-order valence-electron chi connectivity index (χ2n) is 3.02. The molecular formula is C10H6F3NO2S2. The zero-order chi connectivity index (χ0) is 13.9. The van der Waals surface area contributed by atoms with Gasteiger partial charge in [-0.25, -0.2) is 4.79 Å². The molecule has 0 aliphatic heterocycles. The van der Waals surface area contributed by atoms with Crippen LogP contribution in [0.5, 0.6) is 0 Å².